The Hall–Kier alpha value is -0.630. The van der Waals surface area contributed by atoms with E-state index in [9.17, 15) is 13.2 Å². The van der Waals surface area contributed by atoms with E-state index in [2.05, 4.69) is 21.2 Å². The predicted molar refractivity (Wildman–Crippen MR) is 80.6 cm³/mol. The van der Waals surface area contributed by atoms with E-state index < -0.39 is 9.05 Å². The number of hydrogen-bond acceptors (Lipinski definition) is 4. The number of benzene rings is 1. The SMILES string of the molecule is CCOCC(C)NC(=O)c1ccc(Br)c(S(=O)(=O)Cl)c1. The number of rotatable bonds is 6. The number of hydrogen-bond donors (Lipinski definition) is 1. The van der Waals surface area contributed by atoms with Crippen LogP contribution in [0.5, 0.6) is 0 Å². The molecule has 20 heavy (non-hydrogen) atoms. The summed E-state index contributed by atoms with van der Waals surface area (Å²) in [7, 11) is 1.39. The third-order valence-corrected chi connectivity index (χ3v) is 4.72. The van der Waals surface area contributed by atoms with E-state index in [1.54, 1.807) is 6.92 Å². The molecule has 0 heterocycles. The van der Waals surface area contributed by atoms with E-state index in [-0.39, 0.29) is 22.4 Å². The van der Waals surface area contributed by atoms with Crippen molar-refractivity contribution in [1.29, 1.82) is 0 Å². The lowest BCUT2D eigenvalue weighted by atomic mass is 10.2. The zero-order chi connectivity index (χ0) is 15.3. The van der Waals surface area contributed by atoms with Gasteiger partial charge in [-0.1, -0.05) is 0 Å². The Morgan fingerprint density at radius 3 is 2.70 bits per heavy atom. The van der Waals surface area contributed by atoms with Gasteiger partial charge in [-0.25, -0.2) is 8.42 Å². The van der Waals surface area contributed by atoms with Crippen LogP contribution in [0, 0.1) is 0 Å². The quantitative estimate of drug-likeness (QED) is 0.765. The van der Waals surface area contributed by atoms with Crippen LogP contribution in [0.3, 0.4) is 0 Å². The minimum Gasteiger partial charge on any atom is -0.380 e. The fourth-order valence-corrected chi connectivity index (χ4v) is 3.59. The number of carbonyl (C=O) groups excluding carboxylic acids is 1. The summed E-state index contributed by atoms with van der Waals surface area (Å²) in [6, 6.07) is 4.03. The molecule has 0 aliphatic rings. The van der Waals surface area contributed by atoms with Crippen molar-refractivity contribution in [3.63, 3.8) is 0 Å². The highest BCUT2D eigenvalue weighted by molar-refractivity contribution is 9.10. The van der Waals surface area contributed by atoms with Crippen molar-refractivity contribution in [2.45, 2.75) is 24.8 Å². The molecule has 1 rings (SSSR count). The van der Waals surface area contributed by atoms with Crippen molar-refractivity contribution in [2.75, 3.05) is 13.2 Å². The van der Waals surface area contributed by atoms with Crippen LogP contribution in [0.2, 0.25) is 0 Å². The fourth-order valence-electron chi connectivity index (χ4n) is 1.47. The Morgan fingerprint density at radius 1 is 1.50 bits per heavy atom. The maximum Gasteiger partial charge on any atom is 0.262 e. The Balaban J connectivity index is 2.90. The molecule has 0 aromatic heterocycles. The third-order valence-electron chi connectivity index (χ3n) is 2.41. The van der Waals surface area contributed by atoms with E-state index in [4.69, 9.17) is 15.4 Å². The van der Waals surface area contributed by atoms with E-state index in [1.165, 1.54) is 18.2 Å². The summed E-state index contributed by atoms with van der Waals surface area (Å²) < 4.78 is 28.3. The van der Waals surface area contributed by atoms with E-state index >= 15 is 0 Å². The average Bonchev–Trinajstić information content (AvgIpc) is 2.35. The highest BCUT2D eigenvalue weighted by Crippen LogP contribution is 2.26. The van der Waals surface area contributed by atoms with Gasteiger partial charge < -0.3 is 10.1 Å². The minimum atomic E-state index is -3.91. The van der Waals surface area contributed by atoms with Crippen LogP contribution in [0.15, 0.2) is 27.6 Å². The predicted octanol–water partition coefficient (Wildman–Crippen LogP) is 2.53. The molecule has 5 nitrogen and oxygen atoms in total. The number of nitrogens with one attached hydrogen (secondary N) is 1. The summed E-state index contributed by atoms with van der Waals surface area (Å²) in [5, 5.41) is 2.71. The maximum absolute atomic E-state index is 12.0. The maximum atomic E-state index is 12.0. The first-order valence-corrected chi connectivity index (χ1v) is 8.98. The monoisotopic (exact) mass is 383 g/mol. The molecular weight excluding hydrogens is 370 g/mol. The summed E-state index contributed by atoms with van der Waals surface area (Å²) in [6.45, 7) is 4.61. The van der Waals surface area contributed by atoms with Gasteiger partial charge in [0.1, 0.15) is 0 Å². The van der Waals surface area contributed by atoms with Crippen LogP contribution in [0.1, 0.15) is 24.2 Å². The Bertz CT molecular complexity index is 591. The van der Waals surface area contributed by atoms with Gasteiger partial charge in [0.2, 0.25) is 0 Å². The first-order valence-electron chi connectivity index (χ1n) is 5.88. The standard InChI is InChI=1S/C12H15BrClNO4S/c1-3-19-7-8(2)15-12(16)9-4-5-10(13)11(6-9)20(14,17)18/h4-6,8H,3,7H2,1-2H3,(H,15,16). The molecule has 1 unspecified atom stereocenters. The van der Waals surface area contributed by atoms with Crippen LogP contribution in [-0.4, -0.2) is 33.6 Å². The third kappa shape index (κ3) is 5.05. The molecule has 0 fully saturated rings. The molecule has 8 heteroatoms. The summed E-state index contributed by atoms with van der Waals surface area (Å²) in [4.78, 5) is 11.9. The summed E-state index contributed by atoms with van der Waals surface area (Å²) in [5.74, 6) is -0.383. The van der Waals surface area contributed by atoms with Crippen LogP contribution >= 0.6 is 26.6 Å². The van der Waals surface area contributed by atoms with Crippen LogP contribution in [-0.2, 0) is 13.8 Å². The molecule has 1 N–H and O–H groups in total. The van der Waals surface area contributed by atoms with Crippen LogP contribution in [0.4, 0.5) is 0 Å². The molecule has 0 aliphatic heterocycles. The van der Waals surface area contributed by atoms with Gasteiger partial charge in [0, 0.05) is 33.4 Å². The van der Waals surface area contributed by atoms with Crippen molar-refractivity contribution < 1.29 is 17.9 Å². The zero-order valence-corrected chi connectivity index (χ0v) is 14.2. The fraction of sp³-hybridized carbons (Fsp3) is 0.417. The molecule has 0 saturated carbocycles. The van der Waals surface area contributed by atoms with Crippen molar-refractivity contribution in [1.82, 2.24) is 5.32 Å². The topological polar surface area (TPSA) is 72.5 Å². The van der Waals surface area contributed by atoms with E-state index in [1.807, 2.05) is 6.92 Å². The van der Waals surface area contributed by atoms with Gasteiger partial charge in [-0.05, 0) is 48.0 Å². The molecule has 0 radical (unpaired) electrons. The Labute approximate surface area is 131 Å². The second-order valence-corrected chi connectivity index (χ2v) is 7.51. The normalized spacial score (nSPS) is 13.0. The molecule has 0 saturated heterocycles. The van der Waals surface area contributed by atoms with Gasteiger partial charge in [-0.15, -0.1) is 0 Å². The lowest BCUT2D eigenvalue weighted by molar-refractivity contribution is 0.0872. The number of ether oxygens (including phenoxy) is 1. The van der Waals surface area contributed by atoms with E-state index in [0.717, 1.165) is 0 Å². The highest BCUT2D eigenvalue weighted by Gasteiger charge is 2.18. The molecule has 0 spiro atoms. The minimum absolute atomic E-state index is 0.135. The molecule has 0 aliphatic carbocycles. The summed E-state index contributed by atoms with van der Waals surface area (Å²) >= 11 is 3.09. The van der Waals surface area contributed by atoms with Gasteiger partial charge >= 0.3 is 0 Å². The second-order valence-electron chi connectivity index (χ2n) is 4.12. The van der Waals surface area contributed by atoms with Crippen molar-refractivity contribution in [3.05, 3.63) is 28.2 Å². The molecule has 1 aromatic carbocycles. The number of carbonyl (C=O) groups is 1. The van der Waals surface area contributed by atoms with Crippen LogP contribution < -0.4 is 5.32 Å². The largest absolute Gasteiger partial charge is 0.380 e. The zero-order valence-electron chi connectivity index (χ0n) is 11.0. The summed E-state index contributed by atoms with van der Waals surface area (Å²) in [6.07, 6.45) is 0. The lowest BCUT2D eigenvalue weighted by Crippen LogP contribution is -2.35. The summed E-state index contributed by atoms with van der Waals surface area (Å²) in [5.41, 5.74) is 0.218. The Morgan fingerprint density at radius 2 is 2.15 bits per heavy atom. The smallest absolute Gasteiger partial charge is 0.262 e. The molecule has 1 atom stereocenters. The van der Waals surface area contributed by atoms with Crippen LogP contribution in [0.25, 0.3) is 0 Å². The van der Waals surface area contributed by atoms with Crippen molar-refractivity contribution in [2.24, 2.45) is 0 Å². The first kappa shape index (κ1) is 17.4. The molecule has 112 valence electrons. The van der Waals surface area contributed by atoms with Gasteiger partial charge in [-0.3, -0.25) is 4.79 Å². The average molecular weight is 385 g/mol. The molecule has 1 amide bonds. The first-order chi connectivity index (χ1) is 9.25. The van der Waals surface area contributed by atoms with Gasteiger partial charge in [0.05, 0.1) is 11.5 Å². The number of halogens is 2. The molecule has 1 aromatic rings. The Kier molecular flexibility index (Phi) is 6.44. The highest BCUT2D eigenvalue weighted by atomic mass is 79.9. The van der Waals surface area contributed by atoms with E-state index in [0.29, 0.717) is 17.7 Å². The molecule has 0 bridgehead atoms. The second kappa shape index (κ2) is 7.40. The molecular formula is C12H15BrClNO4S. The van der Waals surface area contributed by atoms with Crippen molar-refractivity contribution >= 4 is 41.6 Å². The number of amides is 1. The van der Waals surface area contributed by atoms with Gasteiger partial charge in [0.25, 0.3) is 15.0 Å². The van der Waals surface area contributed by atoms with Gasteiger partial charge in [0.15, 0.2) is 0 Å². The van der Waals surface area contributed by atoms with Crippen molar-refractivity contribution in [3.8, 4) is 0 Å². The lowest BCUT2D eigenvalue weighted by Gasteiger charge is -2.14. The van der Waals surface area contributed by atoms with Gasteiger partial charge in [-0.2, -0.15) is 0 Å².